The molecule has 2 aromatic carbocycles. The predicted molar refractivity (Wildman–Crippen MR) is 74.6 cm³/mol. The Kier molecular flexibility index (Phi) is 4.50. The molecule has 0 aliphatic heterocycles. The first-order valence-corrected chi connectivity index (χ1v) is 6.08. The fourth-order valence-corrected chi connectivity index (χ4v) is 1.67. The van der Waals surface area contributed by atoms with Crippen LogP contribution in [0.5, 0.6) is 11.5 Å². The van der Waals surface area contributed by atoms with Crippen LogP contribution in [0.1, 0.15) is 20.7 Å². The summed E-state index contributed by atoms with van der Waals surface area (Å²) in [6.07, 6.45) is 0.737. The van der Waals surface area contributed by atoms with Gasteiger partial charge in [0.15, 0.2) is 12.4 Å². The minimum atomic E-state index is -0.148. The van der Waals surface area contributed by atoms with Crippen LogP contribution in [0, 0.1) is 0 Å². The van der Waals surface area contributed by atoms with E-state index in [1.54, 1.807) is 55.6 Å². The van der Waals surface area contributed by atoms with E-state index in [9.17, 15) is 9.59 Å². The molecule has 2 rings (SSSR count). The lowest BCUT2D eigenvalue weighted by Gasteiger charge is -2.07. The summed E-state index contributed by atoms with van der Waals surface area (Å²) >= 11 is 0. The molecule has 0 heterocycles. The predicted octanol–water partition coefficient (Wildman–Crippen LogP) is 2.77. The van der Waals surface area contributed by atoms with Gasteiger partial charge in [-0.3, -0.25) is 9.59 Å². The Hall–Kier alpha value is -2.62. The molecule has 0 spiro atoms. The molecule has 0 N–H and O–H groups in total. The maximum absolute atomic E-state index is 11.9. The average molecular weight is 270 g/mol. The van der Waals surface area contributed by atoms with Crippen LogP contribution in [0.2, 0.25) is 0 Å². The summed E-state index contributed by atoms with van der Waals surface area (Å²) in [6, 6.07) is 13.5. The number of benzene rings is 2. The van der Waals surface area contributed by atoms with Crippen molar-refractivity contribution in [2.75, 3.05) is 13.7 Å². The molecule has 102 valence electrons. The van der Waals surface area contributed by atoms with E-state index < -0.39 is 0 Å². The van der Waals surface area contributed by atoms with Gasteiger partial charge < -0.3 is 9.47 Å². The number of methoxy groups -OCH3 is 1. The number of aldehydes is 1. The molecule has 0 saturated heterocycles. The Balaban J connectivity index is 1.98. The second-order valence-corrected chi connectivity index (χ2v) is 4.13. The zero-order valence-electron chi connectivity index (χ0n) is 11.0. The van der Waals surface area contributed by atoms with Crippen LogP contribution < -0.4 is 9.47 Å². The molecule has 0 aliphatic rings. The van der Waals surface area contributed by atoms with Gasteiger partial charge in [0.05, 0.1) is 7.11 Å². The van der Waals surface area contributed by atoms with Crippen LogP contribution in [-0.4, -0.2) is 25.8 Å². The Morgan fingerprint density at radius 3 is 2.45 bits per heavy atom. The number of carbonyl (C=O) groups excluding carboxylic acids is 2. The number of ether oxygens (including phenoxy) is 2. The van der Waals surface area contributed by atoms with Crippen molar-refractivity contribution in [2.45, 2.75) is 0 Å². The first-order chi connectivity index (χ1) is 9.72. The van der Waals surface area contributed by atoms with Gasteiger partial charge in [-0.05, 0) is 12.1 Å². The number of hydrogen-bond acceptors (Lipinski definition) is 4. The van der Waals surface area contributed by atoms with Crippen molar-refractivity contribution < 1.29 is 19.1 Å². The second-order valence-electron chi connectivity index (χ2n) is 4.13. The average Bonchev–Trinajstić information content (AvgIpc) is 2.53. The third kappa shape index (κ3) is 3.45. The number of Topliss-reactive ketones (excluding diaryl/α,β-unsaturated/α-hetero) is 1. The summed E-state index contributed by atoms with van der Waals surface area (Å²) < 4.78 is 10.5. The van der Waals surface area contributed by atoms with Crippen molar-refractivity contribution in [1.82, 2.24) is 0 Å². The molecule has 0 saturated carbocycles. The van der Waals surface area contributed by atoms with Gasteiger partial charge in [0.2, 0.25) is 0 Å². The van der Waals surface area contributed by atoms with Crippen molar-refractivity contribution in [3.05, 3.63) is 59.7 Å². The van der Waals surface area contributed by atoms with Gasteiger partial charge in [-0.25, -0.2) is 0 Å². The van der Waals surface area contributed by atoms with Gasteiger partial charge in [-0.15, -0.1) is 0 Å². The quantitative estimate of drug-likeness (QED) is 0.598. The fourth-order valence-electron chi connectivity index (χ4n) is 1.67. The van der Waals surface area contributed by atoms with Crippen molar-refractivity contribution in [1.29, 1.82) is 0 Å². The van der Waals surface area contributed by atoms with Crippen LogP contribution in [0.3, 0.4) is 0 Å². The minimum absolute atomic E-state index is 0.0619. The normalized spacial score (nSPS) is 9.85. The molecular weight excluding hydrogens is 256 g/mol. The van der Waals surface area contributed by atoms with Gasteiger partial charge in [-0.1, -0.05) is 30.3 Å². The van der Waals surface area contributed by atoms with E-state index in [2.05, 4.69) is 0 Å². The largest absolute Gasteiger partial charge is 0.497 e. The van der Waals surface area contributed by atoms with E-state index in [1.807, 2.05) is 0 Å². The summed E-state index contributed by atoms with van der Waals surface area (Å²) in [7, 11) is 1.57. The lowest BCUT2D eigenvalue weighted by Crippen LogP contribution is -2.11. The van der Waals surface area contributed by atoms with Crippen molar-refractivity contribution in [2.24, 2.45) is 0 Å². The number of rotatable bonds is 6. The fraction of sp³-hybridized carbons (Fsp3) is 0.125. The van der Waals surface area contributed by atoms with E-state index in [0.29, 0.717) is 22.6 Å². The highest BCUT2D eigenvalue weighted by Crippen LogP contribution is 2.19. The van der Waals surface area contributed by atoms with E-state index in [0.717, 1.165) is 6.29 Å². The Morgan fingerprint density at radius 2 is 1.80 bits per heavy atom. The maximum Gasteiger partial charge on any atom is 0.200 e. The Labute approximate surface area is 116 Å². The van der Waals surface area contributed by atoms with Crippen LogP contribution in [-0.2, 0) is 0 Å². The highest BCUT2D eigenvalue weighted by Gasteiger charge is 2.07. The summed E-state index contributed by atoms with van der Waals surface area (Å²) in [4.78, 5) is 22.5. The van der Waals surface area contributed by atoms with Crippen LogP contribution >= 0.6 is 0 Å². The number of hydrogen-bond donors (Lipinski definition) is 0. The standard InChI is InChI=1S/C16H14O4/c1-19-14-3-2-4-15(9-14)20-11-16(18)13-7-5-12(10-17)6-8-13/h2-10H,11H2,1H3. The van der Waals surface area contributed by atoms with Crippen LogP contribution in [0.25, 0.3) is 0 Å². The van der Waals surface area contributed by atoms with Crippen LogP contribution in [0.15, 0.2) is 48.5 Å². The topological polar surface area (TPSA) is 52.6 Å². The zero-order valence-corrected chi connectivity index (χ0v) is 11.0. The second kappa shape index (κ2) is 6.52. The molecule has 0 bridgehead atoms. The molecular formula is C16H14O4. The summed E-state index contributed by atoms with van der Waals surface area (Å²) in [5.41, 5.74) is 1.05. The Morgan fingerprint density at radius 1 is 1.10 bits per heavy atom. The lowest BCUT2D eigenvalue weighted by atomic mass is 10.1. The molecule has 2 aromatic rings. The van der Waals surface area contributed by atoms with Crippen LogP contribution in [0.4, 0.5) is 0 Å². The van der Waals surface area contributed by atoms with Gasteiger partial charge in [0, 0.05) is 17.2 Å². The smallest absolute Gasteiger partial charge is 0.200 e. The van der Waals surface area contributed by atoms with E-state index in [-0.39, 0.29) is 12.4 Å². The van der Waals surface area contributed by atoms with Gasteiger partial charge >= 0.3 is 0 Å². The molecule has 0 fully saturated rings. The molecule has 0 radical (unpaired) electrons. The molecule has 4 heteroatoms. The first kappa shape index (κ1) is 13.8. The van der Waals surface area contributed by atoms with Gasteiger partial charge in [0.25, 0.3) is 0 Å². The highest BCUT2D eigenvalue weighted by atomic mass is 16.5. The van der Waals surface area contributed by atoms with E-state index >= 15 is 0 Å². The summed E-state index contributed by atoms with van der Waals surface area (Å²) in [5.74, 6) is 1.10. The van der Waals surface area contributed by atoms with Crippen molar-refractivity contribution in [3.8, 4) is 11.5 Å². The zero-order chi connectivity index (χ0) is 14.4. The molecule has 0 aliphatic carbocycles. The number of carbonyl (C=O) groups is 2. The minimum Gasteiger partial charge on any atom is -0.497 e. The third-order valence-corrected chi connectivity index (χ3v) is 2.78. The molecule has 0 atom stereocenters. The van der Waals surface area contributed by atoms with Gasteiger partial charge in [-0.2, -0.15) is 0 Å². The summed E-state index contributed by atoms with van der Waals surface area (Å²) in [5, 5.41) is 0. The SMILES string of the molecule is COc1cccc(OCC(=O)c2ccc(C=O)cc2)c1. The third-order valence-electron chi connectivity index (χ3n) is 2.78. The van der Waals surface area contributed by atoms with E-state index in [1.165, 1.54) is 0 Å². The van der Waals surface area contributed by atoms with E-state index in [4.69, 9.17) is 9.47 Å². The maximum atomic E-state index is 11.9. The molecule has 0 aromatic heterocycles. The molecule has 20 heavy (non-hydrogen) atoms. The van der Waals surface area contributed by atoms with Crippen molar-refractivity contribution in [3.63, 3.8) is 0 Å². The Bertz CT molecular complexity index is 602. The molecule has 0 unspecified atom stereocenters. The van der Waals surface area contributed by atoms with Crippen molar-refractivity contribution >= 4 is 12.1 Å². The lowest BCUT2D eigenvalue weighted by molar-refractivity contribution is 0.0921. The molecule has 0 amide bonds. The highest BCUT2D eigenvalue weighted by molar-refractivity contribution is 5.97. The van der Waals surface area contributed by atoms with Gasteiger partial charge in [0.1, 0.15) is 17.8 Å². The number of ketones is 1. The molecule has 4 nitrogen and oxygen atoms in total. The first-order valence-electron chi connectivity index (χ1n) is 6.08. The monoisotopic (exact) mass is 270 g/mol. The summed E-state index contributed by atoms with van der Waals surface area (Å²) in [6.45, 7) is -0.0619.